The van der Waals surface area contributed by atoms with Crippen LogP contribution in [0.5, 0.6) is 0 Å². The summed E-state index contributed by atoms with van der Waals surface area (Å²) < 4.78 is 11.9. The van der Waals surface area contributed by atoms with Crippen molar-refractivity contribution in [1.29, 1.82) is 0 Å². The van der Waals surface area contributed by atoms with Gasteiger partial charge in [0, 0.05) is 38.5 Å². The maximum Gasteiger partial charge on any atom is 0.292 e. The molecule has 1 aromatic carbocycles. The number of hydrogen-bond acceptors (Lipinski definition) is 5. The highest BCUT2D eigenvalue weighted by atomic mass is 16.5. The second-order valence-electron chi connectivity index (χ2n) is 7.41. The van der Waals surface area contributed by atoms with Gasteiger partial charge in [-0.2, -0.15) is 0 Å². The molecule has 0 N–H and O–H groups in total. The van der Waals surface area contributed by atoms with Crippen molar-refractivity contribution in [2.24, 2.45) is 0 Å². The van der Waals surface area contributed by atoms with Crippen LogP contribution in [0.3, 0.4) is 0 Å². The number of aryl methyl sites for hydroxylation is 2. The van der Waals surface area contributed by atoms with Gasteiger partial charge in [0.1, 0.15) is 11.3 Å². The zero-order valence-corrected chi connectivity index (χ0v) is 15.5. The minimum absolute atomic E-state index is 0.0972. The first-order valence-electron chi connectivity index (χ1n) is 9.10. The van der Waals surface area contributed by atoms with E-state index in [2.05, 4.69) is 11.9 Å². The van der Waals surface area contributed by atoms with E-state index in [9.17, 15) is 9.59 Å². The number of benzene rings is 1. The van der Waals surface area contributed by atoms with Crippen molar-refractivity contribution in [2.45, 2.75) is 32.4 Å². The lowest BCUT2D eigenvalue weighted by Gasteiger charge is -2.42. The summed E-state index contributed by atoms with van der Waals surface area (Å²) in [6, 6.07) is 4.98. The van der Waals surface area contributed by atoms with Crippen molar-refractivity contribution in [3.63, 3.8) is 0 Å². The highest BCUT2D eigenvalue weighted by molar-refractivity contribution is 5.94. The molecule has 2 aliphatic heterocycles. The number of piperidine rings is 1. The first-order valence-corrected chi connectivity index (χ1v) is 9.10. The van der Waals surface area contributed by atoms with E-state index in [0.29, 0.717) is 24.1 Å². The molecule has 0 aliphatic carbocycles. The molecule has 0 unspecified atom stereocenters. The highest BCUT2D eigenvalue weighted by Crippen LogP contribution is 2.35. The Kier molecular flexibility index (Phi) is 4.12. The second-order valence-corrected chi connectivity index (χ2v) is 7.41. The van der Waals surface area contributed by atoms with Gasteiger partial charge in [-0.15, -0.1) is 0 Å². The van der Waals surface area contributed by atoms with Gasteiger partial charge in [-0.3, -0.25) is 9.59 Å². The normalized spacial score (nSPS) is 20.2. The molecular formula is C20H24N2O4. The molecule has 1 aromatic heterocycles. The number of rotatable bonds is 1. The van der Waals surface area contributed by atoms with Crippen molar-refractivity contribution in [2.75, 3.05) is 33.3 Å². The van der Waals surface area contributed by atoms with Gasteiger partial charge >= 0.3 is 0 Å². The second kappa shape index (κ2) is 6.21. The molecule has 0 bridgehead atoms. The maximum absolute atomic E-state index is 13.2. The Morgan fingerprint density at radius 2 is 1.88 bits per heavy atom. The number of ether oxygens (including phenoxy) is 1. The van der Waals surface area contributed by atoms with E-state index in [1.807, 2.05) is 19.9 Å². The Hall–Kier alpha value is -2.18. The van der Waals surface area contributed by atoms with Gasteiger partial charge in [0.25, 0.3) is 5.91 Å². The van der Waals surface area contributed by atoms with Crippen LogP contribution in [0.15, 0.2) is 27.4 Å². The Bertz CT molecular complexity index is 925. The average molecular weight is 356 g/mol. The fourth-order valence-corrected chi connectivity index (χ4v) is 3.97. The zero-order valence-electron chi connectivity index (χ0n) is 15.5. The molecule has 1 amide bonds. The monoisotopic (exact) mass is 356 g/mol. The molecule has 3 heterocycles. The molecule has 138 valence electrons. The van der Waals surface area contributed by atoms with Gasteiger partial charge in [-0.25, -0.2) is 0 Å². The van der Waals surface area contributed by atoms with Gasteiger partial charge in [0.05, 0.1) is 12.0 Å². The van der Waals surface area contributed by atoms with E-state index >= 15 is 0 Å². The van der Waals surface area contributed by atoms with Crippen LogP contribution in [-0.2, 0) is 4.74 Å². The number of carbonyl (C=O) groups is 1. The van der Waals surface area contributed by atoms with Crippen molar-refractivity contribution >= 4 is 16.9 Å². The van der Waals surface area contributed by atoms with Gasteiger partial charge in [0.15, 0.2) is 11.2 Å². The topological polar surface area (TPSA) is 63.0 Å². The summed E-state index contributed by atoms with van der Waals surface area (Å²) in [4.78, 5) is 29.7. The average Bonchev–Trinajstić information content (AvgIpc) is 3.03. The predicted octanol–water partition coefficient (Wildman–Crippen LogP) is 2.30. The van der Waals surface area contributed by atoms with E-state index in [1.165, 1.54) is 6.07 Å². The van der Waals surface area contributed by atoms with Crippen molar-refractivity contribution < 1.29 is 13.9 Å². The first-order chi connectivity index (χ1) is 12.4. The number of nitrogens with zero attached hydrogens (tertiary/aromatic N) is 2. The number of carbonyl (C=O) groups excluding carboxylic acids is 1. The summed E-state index contributed by atoms with van der Waals surface area (Å²) in [7, 11) is 2.07. The fourth-order valence-electron chi connectivity index (χ4n) is 3.97. The molecule has 1 spiro atoms. The van der Waals surface area contributed by atoms with E-state index in [1.54, 1.807) is 11.0 Å². The number of hydrogen-bond donors (Lipinski definition) is 0. The largest absolute Gasteiger partial charge is 0.450 e. The van der Waals surface area contributed by atoms with E-state index < -0.39 is 5.72 Å². The summed E-state index contributed by atoms with van der Waals surface area (Å²) >= 11 is 0. The van der Waals surface area contributed by atoms with Crippen LogP contribution >= 0.6 is 0 Å². The van der Waals surface area contributed by atoms with Crippen LogP contribution in [0.4, 0.5) is 0 Å². The van der Waals surface area contributed by atoms with Crippen LogP contribution in [-0.4, -0.2) is 54.7 Å². The smallest absolute Gasteiger partial charge is 0.292 e. The van der Waals surface area contributed by atoms with Crippen molar-refractivity contribution in [3.8, 4) is 0 Å². The van der Waals surface area contributed by atoms with Gasteiger partial charge in [-0.05, 0) is 38.1 Å². The highest BCUT2D eigenvalue weighted by Gasteiger charge is 2.47. The summed E-state index contributed by atoms with van der Waals surface area (Å²) in [5, 5.41) is 0.510. The molecule has 26 heavy (non-hydrogen) atoms. The third-order valence-corrected chi connectivity index (χ3v) is 5.82. The summed E-state index contributed by atoms with van der Waals surface area (Å²) in [6.45, 7) is 6.67. The number of fused-ring (bicyclic) bond motifs is 1. The standard InChI is InChI=1S/C20H24N2O4/c1-13-4-5-15-16(23)12-17(26-18(15)14(13)2)19(24)22-10-11-25-20(22)6-8-21(3)9-7-20/h4-5,12H,6-11H2,1-3H3. The summed E-state index contributed by atoms with van der Waals surface area (Å²) in [5.74, 6) is -0.160. The van der Waals surface area contributed by atoms with Gasteiger partial charge < -0.3 is 19.0 Å². The summed E-state index contributed by atoms with van der Waals surface area (Å²) in [5.41, 5.74) is 1.66. The Labute approximate surface area is 152 Å². The molecule has 4 rings (SSSR count). The maximum atomic E-state index is 13.2. The Morgan fingerprint density at radius 1 is 1.15 bits per heavy atom. The quantitative estimate of drug-likeness (QED) is 0.785. The van der Waals surface area contributed by atoms with Gasteiger partial charge in [0.2, 0.25) is 0 Å². The van der Waals surface area contributed by atoms with Crippen LogP contribution in [0.25, 0.3) is 11.0 Å². The molecule has 2 fully saturated rings. The molecule has 2 aromatic rings. The minimum atomic E-state index is -0.571. The number of amides is 1. The Morgan fingerprint density at radius 3 is 2.62 bits per heavy atom. The fraction of sp³-hybridized carbons (Fsp3) is 0.500. The van der Waals surface area contributed by atoms with Crippen molar-refractivity contribution in [3.05, 3.63) is 45.3 Å². The lowest BCUT2D eigenvalue weighted by atomic mass is 9.99. The van der Waals surface area contributed by atoms with Crippen LogP contribution in [0.1, 0.15) is 34.5 Å². The Balaban J connectivity index is 1.74. The third kappa shape index (κ3) is 2.64. The molecule has 6 nitrogen and oxygen atoms in total. The number of likely N-dealkylation sites (tertiary alicyclic amines) is 1. The van der Waals surface area contributed by atoms with Crippen LogP contribution in [0, 0.1) is 13.8 Å². The van der Waals surface area contributed by atoms with E-state index in [-0.39, 0.29) is 17.1 Å². The minimum Gasteiger partial charge on any atom is -0.450 e. The van der Waals surface area contributed by atoms with Crippen LogP contribution < -0.4 is 5.43 Å². The predicted molar refractivity (Wildman–Crippen MR) is 98.4 cm³/mol. The third-order valence-electron chi connectivity index (χ3n) is 5.82. The lowest BCUT2D eigenvalue weighted by Crippen LogP contribution is -2.54. The summed E-state index contributed by atoms with van der Waals surface area (Å²) in [6.07, 6.45) is 1.54. The first kappa shape index (κ1) is 17.2. The van der Waals surface area contributed by atoms with E-state index in [0.717, 1.165) is 37.1 Å². The zero-order chi connectivity index (χ0) is 18.5. The molecule has 2 aliphatic rings. The molecule has 0 saturated carbocycles. The SMILES string of the molecule is Cc1ccc2c(=O)cc(C(=O)N3CCOC34CCN(C)CC4)oc2c1C. The molecule has 0 radical (unpaired) electrons. The van der Waals surface area contributed by atoms with Gasteiger partial charge in [-0.1, -0.05) is 6.07 Å². The molecule has 2 saturated heterocycles. The van der Waals surface area contributed by atoms with E-state index in [4.69, 9.17) is 9.15 Å². The lowest BCUT2D eigenvalue weighted by molar-refractivity contribution is -0.103. The van der Waals surface area contributed by atoms with Crippen LogP contribution in [0.2, 0.25) is 0 Å². The molecule has 6 heteroatoms. The molecule has 0 atom stereocenters. The van der Waals surface area contributed by atoms with Crippen molar-refractivity contribution in [1.82, 2.24) is 9.80 Å². The molecular weight excluding hydrogens is 332 g/mol.